The summed E-state index contributed by atoms with van der Waals surface area (Å²) in [5, 5.41) is 32.3. The summed E-state index contributed by atoms with van der Waals surface area (Å²) in [6, 6.07) is 37.1. The molecule has 10 amide bonds. The van der Waals surface area contributed by atoms with Crippen LogP contribution in [0.2, 0.25) is 0 Å². The van der Waals surface area contributed by atoms with Crippen LogP contribution >= 0.6 is 0 Å². The Kier molecular flexibility index (Phi) is 42.3. The molecular formula is C100H151N15O15. The smallest absolute Gasteiger partial charge is 0.319 e. The number of esters is 1. The van der Waals surface area contributed by atoms with Crippen LogP contribution in [-0.2, 0) is 71.0 Å². The second-order valence-electron chi connectivity index (χ2n) is 40.4. The van der Waals surface area contributed by atoms with Crippen molar-refractivity contribution in [3.05, 3.63) is 177 Å². The Morgan fingerprint density at radius 2 is 0.492 bits per heavy atom. The number of hydrogen-bond donors (Lipinski definition) is 7. The predicted octanol–water partition coefficient (Wildman–Crippen LogP) is 9.24. The molecule has 5 saturated heterocycles. The molecular weight excluding hydrogens is 1650 g/mol. The first-order valence-corrected chi connectivity index (χ1v) is 45.8. The Bertz CT molecular complexity index is 4360. The van der Waals surface area contributed by atoms with Crippen LogP contribution < -0.4 is 26.6 Å². The topological polar surface area (TPSA) is 347 Å². The highest BCUT2D eigenvalue weighted by atomic mass is 16.5. The maximum Gasteiger partial charge on any atom is 0.319 e. The molecule has 10 rings (SSSR count). The SMILES string of the molecule is CC(C)(C)C(=O)NCc1ccc(C(=O)N2CCN(CC(=O)O)CC2)cc1.CC(C)(C)C(=O)NCc1ccc(C(=O)N2CCN(CCO)CC2)cc1.CC(C)(C)CN1CCN(C(=O)c2ccc(CNC(=O)C(C)(C)C)cc2)CC1.CCCN1CCN(C(=O)c2ccc(CNC(=O)C(C)(C)C)cc2)CC1.COC(=O)CN1CCN(C(=O)c2ccc(CNC(=O)C(C)(C)C)cc2)CC1. The van der Waals surface area contributed by atoms with Crippen molar-refractivity contribution < 1.29 is 72.5 Å². The molecule has 7 N–H and O–H groups in total. The van der Waals surface area contributed by atoms with Crippen LogP contribution in [0.3, 0.4) is 0 Å². The molecule has 0 saturated carbocycles. The predicted molar refractivity (Wildman–Crippen MR) is 507 cm³/mol. The largest absolute Gasteiger partial charge is 0.480 e. The minimum Gasteiger partial charge on any atom is -0.480 e. The van der Waals surface area contributed by atoms with Gasteiger partial charge in [0, 0.05) is 232 Å². The number of benzene rings is 5. The standard InChI is InChI=1S/C22H35N3O2.C20H29N3O4.C20H31N3O2.C19H27N3O4.C19H29N3O3/c1-21(2,3)16-24-11-13-25(14-12-24)19(26)18-9-7-17(8-10-18)15-23-20(27)22(4,5)6;1-20(2,3)19(26)21-13-15-5-7-16(8-6-15)18(25)23-11-9-22(10-12-23)14-17(24)27-4;1-5-10-22-11-13-23(14-12-22)18(24)17-8-6-16(7-9-17)15-21-19(25)20(2,3)4;1-19(2,3)18(26)20-12-14-4-6-15(7-5-14)17(25)22-10-8-21(9-11-22)13-16(23)24;1-19(2,3)18(25)20-14-15-4-6-16(7-5-15)17(24)22-10-8-21(9-11-22)12-13-23/h7-10H,11-16H2,1-6H3,(H,23,27);5-8H,9-14H2,1-4H3,(H,21,26);6-9H,5,10-15H2,1-4H3,(H,21,25);4-7H,8-13H2,1-3H3,(H,20,26)(H,23,24);4-7,23H,8-14H2,1-3H3,(H,20,25). The molecule has 0 aliphatic carbocycles. The Balaban J connectivity index is 0.000000250. The molecule has 130 heavy (non-hydrogen) atoms. The third-order valence-corrected chi connectivity index (χ3v) is 22.6. The van der Waals surface area contributed by atoms with E-state index in [0.29, 0.717) is 127 Å². The van der Waals surface area contributed by atoms with E-state index in [0.717, 1.165) is 118 Å². The molecule has 0 radical (unpaired) electrons. The number of rotatable bonds is 24. The summed E-state index contributed by atoms with van der Waals surface area (Å²) >= 11 is 0. The van der Waals surface area contributed by atoms with Gasteiger partial charge >= 0.3 is 11.9 Å². The molecule has 5 aromatic carbocycles. The van der Waals surface area contributed by atoms with Crippen LogP contribution in [0, 0.1) is 32.5 Å². The van der Waals surface area contributed by atoms with E-state index in [1.807, 2.05) is 225 Å². The summed E-state index contributed by atoms with van der Waals surface area (Å²) in [7, 11) is 1.38. The second kappa shape index (κ2) is 50.8. The molecule has 0 unspecified atom stereocenters. The summed E-state index contributed by atoms with van der Waals surface area (Å²) < 4.78 is 4.67. The summed E-state index contributed by atoms with van der Waals surface area (Å²) in [5.41, 5.74) is 6.41. The number of carboxylic acids is 1. The molecule has 5 heterocycles. The number of amides is 10. The maximum atomic E-state index is 12.7. The molecule has 0 spiro atoms. The minimum absolute atomic E-state index is 0.00696. The molecule has 0 aromatic heterocycles. The zero-order valence-electron chi connectivity index (χ0n) is 81.3. The summed E-state index contributed by atoms with van der Waals surface area (Å²) in [4.78, 5) is 165. The van der Waals surface area contributed by atoms with E-state index in [4.69, 9.17) is 10.2 Å². The van der Waals surface area contributed by atoms with E-state index < -0.39 is 33.0 Å². The van der Waals surface area contributed by atoms with Crippen molar-refractivity contribution in [2.24, 2.45) is 32.5 Å². The van der Waals surface area contributed by atoms with Gasteiger partial charge < -0.3 is 66.0 Å². The van der Waals surface area contributed by atoms with Crippen molar-refractivity contribution in [1.29, 1.82) is 0 Å². The van der Waals surface area contributed by atoms with Gasteiger partial charge in [0.05, 0.1) is 26.8 Å². The van der Waals surface area contributed by atoms with Gasteiger partial charge in [0.1, 0.15) is 0 Å². The van der Waals surface area contributed by atoms with Crippen LogP contribution in [0.15, 0.2) is 121 Å². The van der Waals surface area contributed by atoms with Crippen molar-refractivity contribution in [2.75, 3.05) is 177 Å². The summed E-state index contributed by atoms with van der Waals surface area (Å²) in [5.74, 6) is -0.914. The summed E-state index contributed by atoms with van der Waals surface area (Å²) in [6.45, 7) is 57.2. The van der Waals surface area contributed by atoms with Gasteiger partial charge in [0.2, 0.25) is 29.5 Å². The van der Waals surface area contributed by atoms with E-state index in [-0.39, 0.29) is 90.2 Å². The zero-order valence-corrected chi connectivity index (χ0v) is 81.3. The van der Waals surface area contributed by atoms with Crippen molar-refractivity contribution >= 4 is 71.0 Å². The first-order valence-electron chi connectivity index (χ1n) is 45.8. The number of aliphatic hydroxyl groups is 1. The summed E-state index contributed by atoms with van der Waals surface area (Å²) in [6.07, 6.45) is 1.15. The number of aliphatic carboxylic acids is 1. The van der Waals surface area contributed by atoms with Gasteiger partial charge in [0.15, 0.2) is 0 Å². The van der Waals surface area contributed by atoms with Crippen molar-refractivity contribution in [2.45, 2.75) is 171 Å². The Hall–Kier alpha value is -10.5. The van der Waals surface area contributed by atoms with Gasteiger partial charge in [-0.25, -0.2) is 0 Å². The van der Waals surface area contributed by atoms with Gasteiger partial charge in [-0.2, -0.15) is 0 Å². The number of aliphatic hydroxyl groups excluding tert-OH is 1. The highest BCUT2D eigenvalue weighted by Crippen LogP contribution is 2.23. The minimum atomic E-state index is -0.848. The van der Waals surface area contributed by atoms with Gasteiger partial charge in [0.25, 0.3) is 29.5 Å². The molecule has 5 aliphatic rings. The van der Waals surface area contributed by atoms with Gasteiger partial charge in [-0.3, -0.25) is 82.0 Å². The van der Waals surface area contributed by atoms with E-state index in [2.05, 4.69) is 73.7 Å². The number of β-amino-alcohol motifs (C(OH)–C–C–N with tert-alkyl or cyclic N) is 1. The monoisotopic (exact) mass is 1800 g/mol. The molecule has 716 valence electrons. The Morgan fingerprint density at radius 3 is 0.677 bits per heavy atom. The molecule has 30 heteroatoms. The number of carboxylic acid groups (broad SMARTS) is 1. The average Bonchev–Trinajstić information content (AvgIpc) is 0.872. The number of ether oxygens (including phenoxy) is 1. The van der Waals surface area contributed by atoms with Crippen LogP contribution in [0.5, 0.6) is 0 Å². The lowest BCUT2D eigenvalue weighted by molar-refractivity contribution is -0.142. The van der Waals surface area contributed by atoms with Crippen LogP contribution in [-0.4, -0.2) is 308 Å². The highest BCUT2D eigenvalue weighted by Gasteiger charge is 2.32. The van der Waals surface area contributed by atoms with Crippen LogP contribution in [0.1, 0.15) is 218 Å². The first-order chi connectivity index (χ1) is 60.9. The lowest BCUT2D eigenvalue weighted by Gasteiger charge is -2.37. The van der Waals surface area contributed by atoms with Gasteiger partial charge in [-0.15, -0.1) is 0 Å². The van der Waals surface area contributed by atoms with Gasteiger partial charge in [-0.05, 0) is 107 Å². The van der Waals surface area contributed by atoms with E-state index >= 15 is 0 Å². The van der Waals surface area contributed by atoms with E-state index in [9.17, 15) is 57.5 Å². The van der Waals surface area contributed by atoms with Crippen molar-refractivity contribution in [3.8, 4) is 0 Å². The molecule has 0 bridgehead atoms. The third kappa shape index (κ3) is 37.8. The fraction of sp³-hybridized carbons (Fsp3) is 0.580. The first kappa shape index (κ1) is 108. The zero-order chi connectivity index (χ0) is 96.5. The molecule has 30 nitrogen and oxygen atoms in total. The number of methoxy groups -OCH3 is 1. The Morgan fingerprint density at radius 1 is 0.292 bits per heavy atom. The molecule has 5 fully saturated rings. The van der Waals surface area contributed by atoms with Gasteiger partial charge in [-0.1, -0.05) is 192 Å². The lowest BCUT2D eigenvalue weighted by Crippen LogP contribution is -2.50. The maximum absolute atomic E-state index is 12.7. The number of hydrogen-bond acceptors (Lipinski definition) is 19. The molecule has 5 aromatic rings. The average molecular weight is 1800 g/mol. The normalized spacial score (nSPS) is 15.8. The number of carbonyl (C=O) groups is 12. The number of carbonyl (C=O) groups excluding carboxylic acids is 11. The van der Waals surface area contributed by atoms with Crippen molar-refractivity contribution in [1.82, 2.24) is 75.6 Å². The van der Waals surface area contributed by atoms with Crippen molar-refractivity contribution in [3.63, 3.8) is 0 Å². The number of nitrogens with one attached hydrogen (secondary N) is 5. The quantitative estimate of drug-likeness (QED) is 0.0283. The second-order valence-corrected chi connectivity index (χ2v) is 40.4. The van der Waals surface area contributed by atoms with Crippen LogP contribution in [0.4, 0.5) is 0 Å². The fourth-order valence-corrected chi connectivity index (χ4v) is 14.2. The lowest BCUT2D eigenvalue weighted by atomic mass is 9.95. The highest BCUT2D eigenvalue weighted by molar-refractivity contribution is 5.97. The molecule has 0 atom stereocenters. The number of piperazine rings is 5. The van der Waals surface area contributed by atoms with E-state index in [1.165, 1.54) is 7.11 Å². The fourth-order valence-electron chi connectivity index (χ4n) is 14.2. The van der Waals surface area contributed by atoms with Crippen LogP contribution in [0.25, 0.3) is 0 Å². The third-order valence-electron chi connectivity index (χ3n) is 22.6. The molecule has 5 aliphatic heterocycles. The Labute approximate surface area is 772 Å². The van der Waals surface area contributed by atoms with E-state index in [1.54, 1.807) is 34.1 Å². The number of nitrogens with zero attached hydrogens (tertiary/aromatic N) is 10.